The highest BCUT2D eigenvalue weighted by molar-refractivity contribution is 6.30. The van der Waals surface area contributed by atoms with Gasteiger partial charge in [0.15, 0.2) is 11.6 Å². The molecule has 2 aliphatic carbocycles. The normalized spacial score (nSPS) is 20.0. The van der Waals surface area contributed by atoms with Crippen LogP contribution in [0.4, 0.5) is 0 Å². The molecule has 0 bridgehead atoms. The fourth-order valence-corrected chi connectivity index (χ4v) is 7.11. The summed E-state index contributed by atoms with van der Waals surface area (Å²) in [6.45, 7) is 9.65. The Labute approximate surface area is 254 Å². The molecule has 0 spiro atoms. The predicted octanol–water partition coefficient (Wildman–Crippen LogP) is 8.80. The van der Waals surface area contributed by atoms with E-state index in [0.29, 0.717) is 36.8 Å². The van der Waals surface area contributed by atoms with Crippen molar-refractivity contribution in [2.24, 2.45) is 10.8 Å². The standard InChI is InChI=1S/C37H38ClNO3/c1-36(2)18-28-34(30(40)20-36)33(27-17-26(38)15-16-32(27)42-23-25-13-9-6-10-14-25)35-29(19-37(3,4)21-31(35)41)39(28)22-24-11-7-5-8-12-24/h5-17,33H,18-23H2,1-4H3. The maximum absolute atomic E-state index is 14.2. The topological polar surface area (TPSA) is 46.6 Å². The number of hydrogen-bond acceptors (Lipinski definition) is 4. The summed E-state index contributed by atoms with van der Waals surface area (Å²) >= 11 is 6.63. The maximum Gasteiger partial charge on any atom is 0.162 e. The number of ketones is 2. The Kier molecular flexibility index (Phi) is 7.39. The van der Waals surface area contributed by atoms with E-state index in [4.69, 9.17) is 16.3 Å². The van der Waals surface area contributed by atoms with Crippen LogP contribution in [-0.4, -0.2) is 16.5 Å². The van der Waals surface area contributed by atoms with E-state index in [-0.39, 0.29) is 22.4 Å². The second kappa shape index (κ2) is 10.9. The zero-order chi connectivity index (χ0) is 29.6. The number of halogens is 1. The van der Waals surface area contributed by atoms with Gasteiger partial charge in [0.05, 0.1) is 0 Å². The molecule has 4 nitrogen and oxygen atoms in total. The third kappa shape index (κ3) is 5.57. The summed E-state index contributed by atoms with van der Waals surface area (Å²) in [5.41, 5.74) is 6.11. The molecule has 0 unspecified atom stereocenters. The van der Waals surface area contributed by atoms with E-state index in [1.807, 2.05) is 66.7 Å². The molecule has 0 atom stereocenters. The molecule has 0 saturated heterocycles. The molecule has 0 saturated carbocycles. The van der Waals surface area contributed by atoms with Crippen LogP contribution in [0, 0.1) is 10.8 Å². The largest absolute Gasteiger partial charge is 0.489 e. The number of carbonyl (C=O) groups is 2. The van der Waals surface area contributed by atoms with Gasteiger partial charge in [-0.15, -0.1) is 0 Å². The number of allylic oxidation sites excluding steroid dienone is 4. The monoisotopic (exact) mass is 579 g/mol. The summed E-state index contributed by atoms with van der Waals surface area (Å²) in [5.74, 6) is 0.336. The second-order valence-electron chi connectivity index (χ2n) is 13.6. The van der Waals surface area contributed by atoms with Crippen molar-refractivity contribution in [2.75, 3.05) is 0 Å². The van der Waals surface area contributed by atoms with Crippen LogP contribution < -0.4 is 4.74 Å². The third-order valence-corrected chi connectivity index (χ3v) is 8.96. The van der Waals surface area contributed by atoms with Crippen molar-refractivity contribution in [3.05, 3.63) is 123 Å². The van der Waals surface area contributed by atoms with E-state index in [9.17, 15) is 9.59 Å². The zero-order valence-corrected chi connectivity index (χ0v) is 25.6. The average molecular weight is 580 g/mol. The van der Waals surface area contributed by atoms with Crippen molar-refractivity contribution < 1.29 is 14.3 Å². The van der Waals surface area contributed by atoms with Gasteiger partial charge in [-0.1, -0.05) is 100.0 Å². The van der Waals surface area contributed by atoms with Gasteiger partial charge >= 0.3 is 0 Å². The van der Waals surface area contributed by atoms with Crippen LogP contribution in [0.3, 0.4) is 0 Å². The van der Waals surface area contributed by atoms with Crippen molar-refractivity contribution in [3.63, 3.8) is 0 Å². The van der Waals surface area contributed by atoms with Gasteiger partial charge in [0, 0.05) is 58.4 Å². The van der Waals surface area contributed by atoms with Gasteiger partial charge in [-0.05, 0) is 53.0 Å². The summed E-state index contributed by atoms with van der Waals surface area (Å²) in [6.07, 6.45) is 2.38. The van der Waals surface area contributed by atoms with Crippen molar-refractivity contribution in [2.45, 2.75) is 72.4 Å². The quantitative estimate of drug-likeness (QED) is 0.293. The van der Waals surface area contributed by atoms with Crippen molar-refractivity contribution in [3.8, 4) is 5.75 Å². The summed E-state index contributed by atoms with van der Waals surface area (Å²) < 4.78 is 6.43. The fourth-order valence-electron chi connectivity index (χ4n) is 6.93. The molecule has 1 aliphatic heterocycles. The Morgan fingerprint density at radius 2 is 1.26 bits per heavy atom. The van der Waals surface area contributed by atoms with Gasteiger partial charge in [0.25, 0.3) is 0 Å². The molecule has 0 radical (unpaired) electrons. The number of benzene rings is 3. The lowest BCUT2D eigenvalue weighted by molar-refractivity contribution is -0.119. The first kappa shape index (κ1) is 28.5. The Hall–Kier alpha value is -3.63. The Bertz CT molecular complexity index is 1550. The predicted molar refractivity (Wildman–Crippen MR) is 167 cm³/mol. The van der Waals surface area contributed by atoms with Gasteiger partial charge in [0.2, 0.25) is 0 Å². The lowest BCUT2D eigenvalue weighted by Gasteiger charge is -2.49. The van der Waals surface area contributed by atoms with Gasteiger partial charge in [-0.2, -0.15) is 0 Å². The first-order chi connectivity index (χ1) is 20.0. The summed E-state index contributed by atoms with van der Waals surface area (Å²) in [4.78, 5) is 30.7. The molecule has 6 rings (SSSR count). The number of nitrogens with zero attached hydrogens (tertiary/aromatic N) is 1. The van der Waals surface area contributed by atoms with E-state index >= 15 is 0 Å². The summed E-state index contributed by atoms with van der Waals surface area (Å²) in [7, 11) is 0. The number of hydrogen-bond donors (Lipinski definition) is 0. The van der Waals surface area contributed by atoms with Crippen LogP contribution in [-0.2, 0) is 22.7 Å². The highest BCUT2D eigenvalue weighted by Crippen LogP contribution is 2.56. The number of Topliss-reactive ketones (excluding diaryl/α,β-unsaturated/α-hetero) is 2. The van der Waals surface area contributed by atoms with Crippen LogP contribution in [0.15, 0.2) is 101 Å². The Morgan fingerprint density at radius 1 is 0.738 bits per heavy atom. The van der Waals surface area contributed by atoms with Crippen LogP contribution in [0.25, 0.3) is 0 Å². The van der Waals surface area contributed by atoms with Crippen molar-refractivity contribution >= 4 is 23.2 Å². The molecule has 0 amide bonds. The van der Waals surface area contributed by atoms with E-state index in [1.54, 1.807) is 0 Å². The zero-order valence-electron chi connectivity index (χ0n) is 24.9. The van der Waals surface area contributed by atoms with Crippen molar-refractivity contribution in [1.29, 1.82) is 0 Å². The molecule has 216 valence electrons. The molecule has 3 aliphatic rings. The molecule has 0 aromatic heterocycles. The molecule has 0 fully saturated rings. The van der Waals surface area contributed by atoms with Gasteiger partial charge in [-0.25, -0.2) is 0 Å². The first-order valence-electron chi connectivity index (χ1n) is 14.8. The smallest absolute Gasteiger partial charge is 0.162 e. The third-order valence-electron chi connectivity index (χ3n) is 8.73. The van der Waals surface area contributed by atoms with Crippen LogP contribution in [0.5, 0.6) is 5.75 Å². The molecular formula is C37H38ClNO3. The molecule has 42 heavy (non-hydrogen) atoms. The van der Waals surface area contributed by atoms with Crippen molar-refractivity contribution in [1.82, 2.24) is 4.90 Å². The number of carbonyl (C=O) groups excluding carboxylic acids is 2. The second-order valence-corrected chi connectivity index (χ2v) is 14.0. The van der Waals surface area contributed by atoms with E-state index < -0.39 is 5.92 Å². The highest BCUT2D eigenvalue weighted by Gasteiger charge is 2.49. The minimum Gasteiger partial charge on any atom is -0.489 e. The SMILES string of the molecule is CC1(C)CC(=O)C2=C(C1)N(Cc1ccccc1)C1=C(C(=O)CC(C)(C)C1)C2c1cc(Cl)ccc1OCc1ccccc1. The molecule has 3 aromatic rings. The number of ether oxygens (including phenoxy) is 1. The summed E-state index contributed by atoms with van der Waals surface area (Å²) in [5, 5.41) is 0.556. The lowest BCUT2D eigenvalue weighted by atomic mass is 9.63. The highest BCUT2D eigenvalue weighted by atomic mass is 35.5. The van der Waals surface area contributed by atoms with Crippen LogP contribution in [0.1, 0.15) is 76.0 Å². The van der Waals surface area contributed by atoms with Crippen LogP contribution in [0.2, 0.25) is 5.02 Å². The molecule has 5 heteroatoms. The van der Waals surface area contributed by atoms with E-state index in [2.05, 4.69) is 44.7 Å². The minimum atomic E-state index is -0.515. The number of rotatable bonds is 6. The van der Waals surface area contributed by atoms with E-state index in [0.717, 1.165) is 52.1 Å². The molecule has 0 N–H and O–H groups in total. The van der Waals surface area contributed by atoms with Crippen LogP contribution >= 0.6 is 11.6 Å². The van der Waals surface area contributed by atoms with E-state index in [1.165, 1.54) is 0 Å². The first-order valence-corrected chi connectivity index (χ1v) is 15.2. The minimum absolute atomic E-state index is 0.0995. The van der Waals surface area contributed by atoms with Gasteiger partial charge < -0.3 is 9.64 Å². The lowest BCUT2D eigenvalue weighted by Crippen LogP contribution is -2.44. The fraction of sp³-hybridized carbons (Fsp3) is 0.351. The summed E-state index contributed by atoms with van der Waals surface area (Å²) in [6, 6.07) is 25.9. The Morgan fingerprint density at radius 3 is 1.81 bits per heavy atom. The van der Waals surface area contributed by atoms with Gasteiger partial charge in [-0.3, -0.25) is 9.59 Å². The Balaban J connectivity index is 1.56. The average Bonchev–Trinajstić information content (AvgIpc) is 2.93. The van der Waals surface area contributed by atoms with Gasteiger partial charge in [0.1, 0.15) is 12.4 Å². The molecule has 1 heterocycles. The molecule has 3 aromatic carbocycles. The maximum atomic E-state index is 14.2. The molecular weight excluding hydrogens is 542 g/mol.